The van der Waals surface area contributed by atoms with E-state index < -0.39 is 0 Å². The Labute approximate surface area is 40.7 Å². The van der Waals surface area contributed by atoms with Crippen LogP contribution in [0.3, 0.4) is 0 Å². The molecule has 1 nitrogen and oxygen atoms in total. The Hall–Kier alpha value is 1.20. The molecule has 0 aromatic rings. The third-order valence-electron chi connectivity index (χ3n) is 0. The normalized spacial score (nSPS) is 5.50. The standard InChI is InChI=1S/2ClH.H2O.Pd/h2*1H;1H2;/q;;;+2/p-2. The molecule has 0 unspecified atom stereocenters. The summed E-state index contributed by atoms with van der Waals surface area (Å²) in [4.78, 5) is 0. The van der Waals surface area contributed by atoms with Gasteiger partial charge in [0.2, 0.25) is 0 Å². The van der Waals surface area contributed by atoms with Gasteiger partial charge in [0, 0.05) is 0 Å². The van der Waals surface area contributed by atoms with E-state index in [9.17, 15) is 0 Å². The van der Waals surface area contributed by atoms with Crippen molar-refractivity contribution in [3.8, 4) is 0 Å². The zero-order valence-electron chi connectivity index (χ0n) is 1.57. The molecule has 0 amide bonds. The maximum atomic E-state index is 4.81. The molecular weight excluding hydrogens is 193 g/mol. The molecule has 4 heavy (non-hydrogen) atoms. The van der Waals surface area contributed by atoms with Crippen LogP contribution in [0.25, 0.3) is 0 Å². The summed E-state index contributed by atoms with van der Waals surface area (Å²) in [5.74, 6) is 0. The second-order valence-electron chi connectivity index (χ2n) is 0.0452. The van der Waals surface area contributed by atoms with E-state index in [0.29, 0.717) is 0 Å². The minimum atomic E-state index is -0.106. The van der Waals surface area contributed by atoms with Crippen LogP contribution in [0, 0.1) is 0 Å². The van der Waals surface area contributed by atoms with Crippen molar-refractivity contribution < 1.29 is 21.4 Å². The van der Waals surface area contributed by atoms with Crippen molar-refractivity contribution in [1.82, 2.24) is 0 Å². The second-order valence-corrected chi connectivity index (χ2v) is 2.41. The van der Waals surface area contributed by atoms with Gasteiger partial charge in [0.25, 0.3) is 0 Å². The van der Waals surface area contributed by atoms with Gasteiger partial charge in [0.05, 0.1) is 0 Å². The van der Waals surface area contributed by atoms with E-state index in [1.807, 2.05) is 0 Å². The van der Waals surface area contributed by atoms with Gasteiger partial charge in [0.1, 0.15) is 0 Å². The first kappa shape index (κ1) is 8.96. The SMILES string of the molecule is O.[Cl][Pd][Cl]. The summed E-state index contributed by atoms with van der Waals surface area (Å²) in [6.45, 7) is 0. The predicted octanol–water partition coefficient (Wildman–Crippen LogP) is 0.552. The van der Waals surface area contributed by atoms with Gasteiger partial charge in [-0.2, -0.15) is 0 Å². The molecule has 0 saturated carbocycles. The number of hydrogen-bond donors (Lipinski definition) is 0. The summed E-state index contributed by atoms with van der Waals surface area (Å²) in [5.41, 5.74) is 0. The van der Waals surface area contributed by atoms with E-state index in [4.69, 9.17) is 19.1 Å². The fourth-order valence-electron chi connectivity index (χ4n) is 0. The molecule has 0 aromatic heterocycles. The van der Waals surface area contributed by atoms with Gasteiger partial charge >= 0.3 is 35.0 Å². The molecule has 0 radical (unpaired) electrons. The van der Waals surface area contributed by atoms with Crippen LogP contribution in [0.15, 0.2) is 0 Å². The van der Waals surface area contributed by atoms with Crippen molar-refractivity contribution in [1.29, 1.82) is 0 Å². The van der Waals surface area contributed by atoms with E-state index in [-0.39, 0.29) is 21.4 Å². The van der Waals surface area contributed by atoms with Crippen molar-refractivity contribution in [3.05, 3.63) is 0 Å². The average Bonchev–Trinajstić information content (AvgIpc) is 0.918. The Bertz CT molecular complexity index is 6.00. The van der Waals surface area contributed by atoms with Crippen LogP contribution in [-0.4, -0.2) is 5.48 Å². The quantitative estimate of drug-likeness (QED) is 0.506. The first-order chi connectivity index (χ1) is 1.41. The van der Waals surface area contributed by atoms with Crippen molar-refractivity contribution in [3.63, 3.8) is 0 Å². The fraction of sp³-hybridized carbons (Fsp3) is 0. The second kappa shape index (κ2) is 8.88. The Morgan fingerprint density at radius 1 is 1.25 bits per heavy atom. The molecule has 0 heterocycles. The van der Waals surface area contributed by atoms with Crippen LogP contribution in [0.2, 0.25) is 0 Å². The van der Waals surface area contributed by atoms with Crippen molar-refractivity contribution >= 4 is 19.1 Å². The van der Waals surface area contributed by atoms with E-state index in [2.05, 4.69) is 0 Å². The Balaban J connectivity index is 0. The molecular formula is H2Cl2OPd. The van der Waals surface area contributed by atoms with Gasteiger partial charge in [-0.3, -0.25) is 0 Å². The maximum absolute atomic E-state index is 4.81. The third-order valence-corrected chi connectivity index (χ3v) is 0. The number of rotatable bonds is 0. The van der Waals surface area contributed by atoms with Gasteiger partial charge < -0.3 is 5.48 Å². The minimum absolute atomic E-state index is 0. The van der Waals surface area contributed by atoms with Crippen LogP contribution in [0.1, 0.15) is 0 Å². The molecule has 0 aliphatic carbocycles. The predicted molar refractivity (Wildman–Crippen MR) is 15.3 cm³/mol. The van der Waals surface area contributed by atoms with Crippen molar-refractivity contribution in [2.45, 2.75) is 0 Å². The van der Waals surface area contributed by atoms with Gasteiger partial charge in [-0.25, -0.2) is 0 Å². The molecule has 0 fully saturated rings. The third kappa shape index (κ3) is 10.7. The van der Waals surface area contributed by atoms with E-state index in [1.54, 1.807) is 0 Å². The molecule has 4 heteroatoms. The first-order valence-electron chi connectivity index (χ1n) is 0.239. The number of hydrogen-bond acceptors (Lipinski definition) is 0. The van der Waals surface area contributed by atoms with E-state index in [1.165, 1.54) is 0 Å². The van der Waals surface area contributed by atoms with Gasteiger partial charge in [-0.1, -0.05) is 0 Å². The molecule has 0 aromatic carbocycles. The molecule has 32 valence electrons. The Morgan fingerprint density at radius 3 is 1.25 bits per heavy atom. The molecule has 0 rings (SSSR count). The van der Waals surface area contributed by atoms with E-state index in [0.717, 1.165) is 0 Å². The molecule has 0 atom stereocenters. The van der Waals surface area contributed by atoms with Crippen LogP contribution < -0.4 is 0 Å². The van der Waals surface area contributed by atoms with Crippen LogP contribution in [0.4, 0.5) is 0 Å². The summed E-state index contributed by atoms with van der Waals surface area (Å²) in [6, 6.07) is 0. The molecule has 0 aliphatic heterocycles. The van der Waals surface area contributed by atoms with Crippen LogP contribution in [0.5, 0.6) is 0 Å². The Kier molecular flexibility index (Phi) is 19.9. The fourth-order valence-corrected chi connectivity index (χ4v) is 0. The van der Waals surface area contributed by atoms with Crippen molar-refractivity contribution in [2.75, 3.05) is 0 Å². The molecule has 0 aliphatic rings. The van der Waals surface area contributed by atoms with Crippen LogP contribution in [-0.2, 0) is 15.9 Å². The summed E-state index contributed by atoms with van der Waals surface area (Å²) in [5, 5.41) is 0. The zero-order valence-corrected chi connectivity index (χ0v) is 4.64. The molecule has 2 N–H and O–H groups in total. The summed E-state index contributed by atoms with van der Waals surface area (Å²) < 4.78 is 0. The molecule has 0 saturated heterocycles. The molecule has 0 spiro atoms. The van der Waals surface area contributed by atoms with Crippen molar-refractivity contribution in [2.24, 2.45) is 0 Å². The van der Waals surface area contributed by atoms with Gasteiger partial charge in [-0.15, -0.1) is 0 Å². The summed E-state index contributed by atoms with van der Waals surface area (Å²) in [6.07, 6.45) is 0. The first-order valence-corrected chi connectivity index (χ1v) is 4.24. The monoisotopic (exact) mass is 194 g/mol. The Morgan fingerprint density at radius 2 is 1.25 bits per heavy atom. The topological polar surface area (TPSA) is 31.5 Å². The van der Waals surface area contributed by atoms with Gasteiger partial charge in [0.15, 0.2) is 0 Å². The summed E-state index contributed by atoms with van der Waals surface area (Å²) in [7, 11) is 9.63. The zero-order chi connectivity index (χ0) is 2.71. The van der Waals surface area contributed by atoms with E-state index >= 15 is 0 Å². The molecule has 0 bridgehead atoms. The number of halogens is 2. The summed E-state index contributed by atoms with van der Waals surface area (Å²) >= 11 is -0.106. The van der Waals surface area contributed by atoms with Crippen LogP contribution >= 0.6 is 19.1 Å². The van der Waals surface area contributed by atoms with Gasteiger partial charge in [-0.05, 0) is 0 Å². The average molecular weight is 195 g/mol.